The fourth-order valence-electron chi connectivity index (χ4n) is 3.96. The first-order chi connectivity index (χ1) is 12.7. The van der Waals surface area contributed by atoms with Gasteiger partial charge in [-0.2, -0.15) is 0 Å². The van der Waals surface area contributed by atoms with Crippen molar-refractivity contribution < 1.29 is 14.3 Å². The number of carbonyl (C=O) groups is 2. The number of benzene rings is 1. The number of amides is 2. The zero-order chi connectivity index (χ0) is 18.4. The first-order valence-electron chi connectivity index (χ1n) is 9.63. The van der Waals surface area contributed by atoms with Crippen LogP contribution in [0.25, 0.3) is 0 Å². The Morgan fingerprint density at radius 1 is 1.23 bits per heavy atom. The molecule has 3 rings (SSSR count). The van der Waals surface area contributed by atoms with E-state index in [-0.39, 0.29) is 23.8 Å². The number of hydrogen-bond acceptors (Lipinski definition) is 4. The second kappa shape index (κ2) is 9.14. The molecule has 0 radical (unpaired) electrons. The van der Waals surface area contributed by atoms with Gasteiger partial charge in [0.1, 0.15) is 0 Å². The van der Waals surface area contributed by atoms with Gasteiger partial charge in [-0.15, -0.1) is 0 Å². The lowest BCUT2D eigenvalue weighted by Crippen LogP contribution is -2.49. The van der Waals surface area contributed by atoms with Gasteiger partial charge in [-0.05, 0) is 18.9 Å². The van der Waals surface area contributed by atoms with E-state index in [9.17, 15) is 9.59 Å². The number of nitrogens with one attached hydrogen (secondary N) is 1. The van der Waals surface area contributed by atoms with Gasteiger partial charge >= 0.3 is 0 Å². The third-order valence-electron chi connectivity index (χ3n) is 5.36. The summed E-state index contributed by atoms with van der Waals surface area (Å²) in [5.41, 5.74) is 1.04. The van der Waals surface area contributed by atoms with Gasteiger partial charge in [-0.25, -0.2) is 0 Å². The normalized spacial score (nSPS) is 24.5. The van der Waals surface area contributed by atoms with E-state index in [1.54, 1.807) is 0 Å². The number of hydrogen-bond donors (Lipinski definition) is 1. The largest absolute Gasteiger partial charge is 0.379 e. The second-order valence-electron chi connectivity index (χ2n) is 6.93. The first-order valence-corrected chi connectivity index (χ1v) is 9.63. The zero-order valence-corrected chi connectivity index (χ0v) is 15.5. The molecular weight excluding hydrogens is 330 g/mol. The molecule has 0 bridgehead atoms. The predicted octanol–water partition coefficient (Wildman–Crippen LogP) is 1.43. The van der Waals surface area contributed by atoms with E-state index in [1.807, 2.05) is 42.2 Å². The van der Waals surface area contributed by atoms with Crippen LogP contribution in [0.15, 0.2) is 30.3 Å². The molecule has 2 atom stereocenters. The molecule has 1 N–H and O–H groups in total. The SMILES string of the molecule is CCN1C(=O)CC[C@@H](C(=O)NCCN2CCOCC2)[C@@H]1c1ccccc1. The summed E-state index contributed by atoms with van der Waals surface area (Å²) < 4.78 is 5.35. The average molecular weight is 359 g/mol. The van der Waals surface area contributed by atoms with Crippen LogP contribution in [0.4, 0.5) is 0 Å². The molecule has 142 valence electrons. The van der Waals surface area contributed by atoms with Gasteiger partial charge in [-0.3, -0.25) is 14.5 Å². The molecule has 0 aromatic heterocycles. The summed E-state index contributed by atoms with van der Waals surface area (Å²) in [6.45, 7) is 7.45. The molecule has 2 saturated heterocycles. The lowest BCUT2D eigenvalue weighted by atomic mass is 9.83. The fourth-order valence-corrected chi connectivity index (χ4v) is 3.96. The van der Waals surface area contributed by atoms with E-state index in [2.05, 4.69) is 10.2 Å². The smallest absolute Gasteiger partial charge is 0.225 e. The molecule has 0 unspecified atom stereocenters. The molecule has 2 heterocycles. The summed E-state index contributed by atoms with van der Waals surface area (Å²) in [6.07, 6.45) is 1.05. The molecule has 1 aromatic carbocycles. The zero-order valence-electron chi connectivity index (χ0n) is 15.5. The monoisotopic (exact) mass is 359 g/mol. The van der Waals surface area contributed by atoms with Crippen molar-refractivity contribution in [3.05, 3.63) is 35.9 Å². The number of likely N-dealkylation sites (tertiary alicyclic amines) is 1. The van der Waals surface area contributed by atoms with Crippen molar-refractivity contribution in [1.82, 2.24) is 15.1 Å². The fraction of sp³-hybridized carbons (Fsp3) is 0.600. The van der Waals surface area contributed by atoms with Crippen molar-refractivity contribution in [1.29, 1.82) is 0 Å². The molecule has 6 nitrogen and oxygen atoms in total. The molecule has 2 aliphatic heterocycles. The van der Waals surface area contributed by atoms with Gasteiger partial charge in [0.05, 0.1) is 25.2 Å². The van der Waals surface area contributed by atoms with Gasteiger partial charge in [-0.1, -0.05) is 30.3 Å². The van der Waals surface area contributed by atoms with Crippen LogP contribution < -0.4 is 5.32 Å². The summed E-state index contributed by atoms with van der Waals surface area (Å²) in [4.78, 5) is 29.4. The Kier molecular flexibility index (Phi) is 6.63. The molecule has 2 fully saturated rings. The molecular formula is C20H29N3O3. The highest BCUT2D eigenvalue weighted by atomic mass is 16.5. The van der Waals surface area contributed by atoms with E-state index in [1.165, 1.54) is 0 Å². The van der Waals surface area contributed by atoms with Gasteiger partial charge in [0, 0.05) is 39.1 Å². The highest BCUT2D eigenvalue weighted by Crippen LogP contribution is 2.36. The van der Waals surface area contributed by atoms with Crippen LogP contribution in [0.3, 0.4) is 0 Å². The summed E-state index contributed by atoms with van der Waals surface area (Å²) in [7, 11) is 0. The third kappa shape index (κ3) is 4.43. The summed E-state index contributed by atoms with van der Waals surface area (Å²) in [5, 5.41) is 3.10. The Hall–Kier alpha value is -1.92. The molecule has 2 amide bonds. The van der Waals surface area contributed by atoms with Crippen LogP contribution in [0.2, 0.25) is 0 Å². The molecule has 1 aromatic rings. The lowest BCUT2D eigenvalue weighted by Gasteiger charge is -2.40. The van der Waals surface area contributed by atoms with Gasteiger partial charge in [0.15, 0.2) is 0 Å². The van der Waals surface area contributed by atoms with Crippen LogP contribution >= 0.6 is 0 Å². The standard InChI is InChI=1S/C20H29N3O3/c1-2-23-18(24)9-8-17(19(23)16-6-4-3-5-7-16)20(25)21-10-11-22-12-14-26-15-13-22/h3-7,17,19H,2,8-15H2,1H3,(H,21,25)/t17-,19+/m1/s1. The number of nitrogens with zero attached hydrogens (tertiary/aromatic N) is 2. The maximum absolute atomic E-state index is 12.9. The highest BCUT2D eigenvalue weighted by Gasteiger charge is 2.39. The van der Waals surface area contributed by atoms with E-state index in [4.69, 9.17) is 4.74 Å². The molecule has 6 heteroatoms. The molecule has 2 aliphatic rings. The Morgan fingerprint density at radius 2 is 1.96 bits per heavy atom. The quantitative estimate of drug-likeness (QED) is 0.835. The van der Waals surface area contributed by atoms with Gasteiger partial charge < -0.3 is 15.0 Å². The van der Waals surface area contributed by atoms with E-state index < -0.39 is 0 Å². The number of rotatable bonds is 6. The minimum atomic E-state index is -0.195. The second-order valence-corrected chi connectivity index (χ2v) is 6.93. The predicted molar refractivity (Wildman–Crippen MR) is 99.6 cm³/mol. The maximum Gasteiger partial charge on any atom is 0.225 e. The molecule has 0 aliphatic carbocycles. The van der Waals surface area contributed by atoms with Crippen molar-refractivity contribution in [3.63, 3.8) is 0 Å². The molecule has 0 spiro atoms. The lowest BCUT2D eigenvalue weighted by molar-refractivity contribution is -0.143. The van der Waals surface area contributed by atoms with Crippen LogP contribution in [0.5, 0.6) is 0 Å². The molecule has 26 heavy (non-hydrogen) atoms. The third-order valence-corrected chi connectivity index (χ3v) is 5.36. The van der Waals surface area contributed by atoms with Gasteiger partial charge in [0.2, 0.25) is 11.8 Å². The number of piperidine rings is 1. The number of ether oxygens (including phenoxy) is 1. The number of carbonyl (C=O) groups excluding carboxylic acids is 2. The van der Waals surface area contributed by atoms with E-state index in [0.29, 0.717) is 25.9 Å². The summed E-state index contributed by atoms with van der Waals surface area (Å²) in [5.74, 6) is -0.00322. The Morgan fingerprint density at radius 3 is 2.65 bits per heavy atom. The summed E-state index contributed by atoms with van der Waals surface area (Å²) >= 11 is 0. The van der Waals surface area contributed by atoms with Crippen molar-refractivity contribution >= 4 is 11.8 Å². The van der Waals surface area contributed by atoms with Crippen molar-refractivity contribution in [2.24, 2.45) is 5.92 Å². The van der Waals surface area contributed by atoms with E-state index in [0.717, 1.165) is 38.4 Å². The van der Waals surface area contributed by atoms with Crippen LogP contribution in [-0.4, -0.2) is 67.6 Å². The molecule has 0 saturated carbocycles. The Bertz CT molecular complexity index is 602. The van der Waals surface area contributed by atoms with Crippen LogP contribution in [0.1, 0.15) is 31.4 Å². The average Bonchev–Trinajstić information content (AvgIpc) is 2.69. The van der Waals surface area contributed by atoms with Gasteiger partial charge in [0.25, 0.3) is 0 Å². The van der Waals surface area contributed by atoms with Crippen molar-refractivity contribution in [2.75, 3.05) is 45.9 Å². The number of morpholine rings is 1. The Labute approximate surface area is 155 Å². The Balaban J connectivity index is 1.65. The van der Waals surface area contributed by atoms with Crippen LogP contribution in [-0.2, 0) is 14.3 Å². The first kappa shape index (κ1) is 18.9. The minimum Gasteiger partial charge on any atom is -0.379 e. The topological polar surface area (TPSA) is 61.9 Å². The van der Waals surface area contributed by atoms with Crippen LogP contribution in [0, 0.1) is 5.92 Å². The van der Waals surface area contributed by atoms with E-state index >= 15 is 0 Å². The highest BCUT2D eigenvalue weighted by molar-refractivity contribution is 5.85. The van der Waals surface area contributed by atoms with Crippen molar-refractivity contribution in [2.45, 2.75) is 25.8 Å². The minimum absolute atomic E-state index is 0.0538. The summed E-state index contributed by atoms with van der Waals surface area (Å²) in [6, 6.07) is 9.75. The maximum atomic E-state index is 12.9. The van der Waals surface area contributed by atoms with Crippen molar-refractivity contribution in [3.8, 4) is 0 Å².